The highest BCUT2D eigenvalue weighted by Crippen LogP contribution is 2.05. The van der Waals surface area contributed by atoms with E-state index in [9.17, 15) is 9.18 Å². The molecule has 21 heavy (non-hydrogen) atoms. The van der Waals surface area contributed by atoms with Gasteiger partial charge < -0.3 is 10.2 Å². The third kappa shape index (κ3) is 5.31. The first kappa shape index (κ1) is 15.7. The van der Waals surface area contributed by atoms with Crippen molar-refractivity contribution in [2.75, 3.05) is 19.6 Å². The van der Waals surface area contributed by atoms with Crippen LogP contribution in [-0.2, 0) is 4.79 Å². The van der Waals surface area contributed by atoms with Crippen molar-refractivity contribution in [3.05, 3.63) is 41.7 Å². The molecule has 4 heteroatoms. The monoisotopic (exact) mass is 291 g/mol. The molecule has 1 heterocycles. The predicted molar refractivity (Wildman–Crippen MR) is 82.5 cm³/mol. The lowest BCUT2D eigenvalue weighted by Gasteiger charge is -2.29. The van der Waals surface area contributed by atoms with Crippen LogP contribution >= 0.6 is 0 Å². The van der Waals surface area contributed by atoms with Gasteiger partial charge in [0.2, 0.25) is 5.91 Å². The van der Waals surface area contributed by atoms with E-state index in [0.29, 0.717) is 0 Å². The van der Waals surface area contributed by atoms with Gasteiger partial charge in [-0.3, -0.25) is 4.79 Å². The first-order valence-electron chi connectivity index (χ1n) is 7.75. The van der Waals surface area contributed by atoms with Gasteiger partial charge in [-0.1, -0.05) is 19.1 Å². The predicted octanol–water partition coefficient (Wildman–Crippen LogP) is 1.41. The number of hydrogen-bond donors (Lipinski definition) is 2. The second kappa shape index (κ2) is 7.93. The lowest BCUT2D eigenvalue weighted by atomic mass is 10.0. The molecule has 1 aromatic rings. The molecule has 0 radical (unpaired) electrons. The smallest absolute Gasteiger partial charge is 0.244 e. The van der Waals surface area contributed by atoms with Gasteiger partial charge in [0.15, 0.2) is 0 Å². The van der Waals surface area contributed by atoms with Crippen LogP contribution in [-0.4, -0.2) is 31.6 Å². The van der Waals surface area contributed by atoms with Crippen LogP contribution in [0.5, 0.6) is 0 Å². The lowest BCUT2D eigenvalue weighted by molar-refractivity contribution is -0.905. The summed E-state index contributed by atoms with van der Waals surface area (Å²) in [6.45, 7) is 5.72. The molecule has 114 valence electrons. The number of quaternary nitrogens is 1. The zero-order chi connectivity index (χ0) is 15.1. The molecule has 3 nitrogen and oxygen atoms in total. The Balaban J connectivity index is 1.76. The zero-order valence-corrected chi connectivity index (χ0v) is 12.6. The molecule has 1 aliphatic heterocycles. The quantitative estimate of drug-likeness (QED) is 0.790. The van der Waals surface area contributed by atoms with Gasteiger partial charge in [0, 0.05) is 25.0 Å². The Kier molecular flexibility index (Phi) is 5.93. The van der Waals surface area contributed by atoms with Crippen molar-refractivity contribution in [1.29, 1.82) is 0 Å². The van der Waals surface area contributed by atoms with E-state index in [-0.39, 0.29) is 17.8 Å². The Bertz CT molecular complexity index is 476. The fraction of sp³-hybridized carbons (Fsp3) is 0.471. The number of piperidine rings is 1. The third-order valence-electron chi connectivity index (χ3n) is 3.94. The summed E-state index contributed by atoms with van der Waals surface area (Å²) in [6, 6.07) is 6.39. The van der Waals surface area contributed by atoms with Crippen LogP contribution in [0.25, 0.3) is 6.08 Å². The number of benzene rings is 1. The van der Waals surface area contributed by atoms with E-state index in [4.69, 9.17) is 0 Å². The molecule has 0 saturated carbocycles. The normalized spacial score (nSPS) is 22.4. The van der Waals surface area contributed by atoms with E-state index in [1.165, 1.54) is 31.2 Å². The van der Waals surface area contributed by atoms with E-state index in [0.717, 1.165) is 31.5 Å². The van der Waals surface area contributed by atoms with Gasteiger partial charge in [-0.15, -0.1) is 0 Å². The van der Waals surface area contributed by atoms with Gasteiger partial charge in [0.25, 0.3) is 0 Å². The van der Waals surface area contributed by atoms with Crippen LogP contribution in [0.4, 0.5) is 4.39 Å². The van der Waals surface area contributed by atoms with Crippen molar-refractivity contribution in [2.45, 2.75) is 32.2 Å². The van der Waals surface area contributed by atoms with Crippen molar-refractivity contribution in [1.82, 2.24) is 5.32 Å². The van der Waals surface area contributed by atoms with Crippen LogP contribution in [0, 0.1) is 5.82 Å². The van der Waals surface area contributed by atoms with Crippen molar-refractivity contribution in [3.8, 4) is 0 Å². The Labute approximate surface area is 125 Å². The molecule has 1 fully saturated rings. The molecule has 0 atom stereocenters. The van der Waals surface area contributed by atoms with E-state index in [2.05, 4.69) is 12.2 Å². The van der Waals surface area contributed by atoms with Crippen LogP contribution in [0.1, 0.15) is 31.7 Å². The molecule has 1 saturated heterocycles. The van der Waals surface area contributed by atoms with Gasteiger partial charge in [-0.25, -0.2) is 4.39 Å². The molecule has 0 bridgehead atoms. The summed E-state index contributed by atoms with van der Waals surface area (Å²) >= 11 is 0. The summed E-state index contributed by atoms with van der Waals surface area (Å²) < 4.78 is 12.8. The third-order valence-corrected chi connectivity index (χ3v) is 3.94. The maximum atomic E-state index is 12.8. The minimum atomic E-state index is -0.266. The van der Waals surface area contributed by atoms with Crippen LogP contribution in [0.2, 0.25) is 0 Å². The summed E-state index contributed by atoms with van der Waals surface area (Å²) in [6.07, 6.45) is 6.55. The molecule has 1 aromatic carbocycles. The maximum Gasteiger partial charge on any atom is 0.244 e. The largest absolute Gasteiger partial charge is 0.349 e. The second-order valence-corrected chi connectivity index (χ2v) is 5.67. The topological polar surface area (TPSA) is 33.5 Å². The Morgan fingerprint density at radius 2 is 2.00 bits per heavy atom. The first-order chi connectivity index (χ1) is 10.2. The molecule has 0 aromatic heterocycles. The van der Waals surface area contributed by atoms with Crippen molar-refractivity contribution >= 4 is 12.0 Å². The van der Waals surface area contributed by atoms with E-state index in [1.807, 2.05) is 0 Å². The van der Waals surface area contributed by atoms with Gasteiger partial charge in [-0.05, 0) is 30.2 Å². The van der Waals surface area contributed by atoms with Crippen LogP contribution < -0.4 is 10.2 Å². The van der Waals surface area contributed by atoms with Gasteiger partial charge >= 0.3 is 0 Å². The molecule has 1 aliphatic rings. The standard InChI is InChI=1S/C17H23FN2O/c1-2-11-20-12-9-16(10-13-20)19-17(21)8-5-14-3-6-15(18)7-4-14/h3-8,16H,2,9-13H2,1H3,(H,19,21)/p+1/b8-5+. The molecule has 2 rings (SSSR count). The van der Waals surface area contributed by atoms with Crippen LogP contribution in [0.15, 0.2) is 30.3 Å². The minimum absolute atomic E-state index is 0.0664. The van der Waals surface area contributed by atoms with Crippen molar-refractivity contribution in [3.63, 3.8) is 0 Å². The van der Waals surface area contributed by atoms with Crippen molar-refractivity contribution < 1.29 is 14.1 Å². The Morgan fingerprint density at radius 1 is 1.33 bits per heavy atom. The highest BCUT2D eigenvalue weighted by atomic mass is 19.1. The molecule has 2 N–H and O–H groups in total. The first-order valence-corrected chi connectivity index (χ1v) is 7.75. The summed E-state index contributed by atoms with van der Waals surface area (Å²) in [7, 11) is 0. The van der Waals surface area contributed by atoms with Crippen LogP contribution in [0.3, 0.4) is 0 Å². The summed E-state index contributed by atoms with van der Waals surface area (Å²) in [5, 5.41) is 3.05. The number of likely N-dealkylation sites (tertiary alicyclic amines) is 1. The average Bonchev–Trinajstić information content (AvgIpc) is 2.49. The highest BCUT2D eigenvalue weighted by Gasteiger charge is 2.21. The molecule has 1 amide bonds. The number of rotatable bonds is 5. The number of halogens is 1. The molecule has 0 spiro atoms. The Hall–Kier alpha value is -1.68. The van der Waals surface area contributed by atoms with Gasteiger partial charge in [-0.2, -0.15) is 0 Å². The number of amides is 1. The molecular weight excluding hydrogens is 267 g/mol. The SMILES string of the molecule is CCC[NH+]1CCC(NC(=O)/C=C/c2ccc(F)cc2)CC1. The highest BCUT2D eigenvalue weighted by molar-refractivity contribution is 5.91. The number of carbonyl (C=O) groups is 1. The zero-order valence-electron chi connectivity index (χ0n) is 12.6. The van der Waals surface area contributed by atoms with Gasteiger partial charge in [0.05, 0.1) is 19.6 Å². The number of hydrogen-bond acceptors (Lipinski definition) is 1. The van der Waals surface area contributed by atoms with Gasteiger partial charge in [0.1, 0.15) is 5.82 Å². The summed E-state index contributed by atoms with van der Waals surface area (Å²) in [4.78, 5) is 13.5. The average molecular weight is 291 g/mol. The molecular formula is C17H24FN2O+. The second-order valence-electron chi connectivity index (χ2n) is 5.67. The fourth-order valence-electron chi connectivity index (χ4n) is 2.77. The lowest BCUT2D eigenvalue weighted by Crippen LogP contribution is -3.13. The number of carbonyl (C=O) groups excluding carboxylic acids is 1. The summed E-state index contributed by atoms with van der Waals surface area (Å²) in [5.74, 6) is -0.332. The molecule has 0 unspecified atom stereocenters. The maximum absolute atomic E-state index is 12.8. The van der Waals surface area contributed by atoms with E-state index in [1.54, 1.807) is 23.1 Å². The van der Waals surface area contributed by atoms with E-state index >= 15 is 0 Å². The molecule has 0 aliphatic carbocycles. The minimum Gasteiger partial charge on any atom is -0.349 e. The Morgan fingerprint density at radius 3 is 2.62 bits per heavy atom. The van der Waals surface area contributed by atoms with E-state index < -0.39 is 0 Å². The number of nitrogens with one attached hydrogen (secondary N) is 2. The van der Waals surface area contributed by atoms with Crippen molar-refractivity contribution in [2.24, 2.45) is 0 Å². The fourth-order valence-corrected chi connectivity index (χ4v) is 2.77. The summed E-state index contributed by atoms with van der Waals surface area (Å²) in [5.41, 5.74) is 0.828.